The molecule has 1 aliphatic heterocycles. The van der Waals surface area contributed by atoms with Gasteiger partial charge in [0.05, 0.1) is 0 Å². The number of carbonyl (C=O) groups excluding carboxylic acids is 1. The Labute approximate surface area is 74.0 Å². The second kappa shape index (κ2) is 4.55. The molecule has 0 aromatic rings. The maximum atomic E-state index is 10.6. The number of ether oxygens (including phenoxy) is 1. The second-order valence-electron chi connectivity index (χ2n) is 1.63. The van der Waals surface area contributed by atoms with E-state index < -0.39 is 0 Å². The number of hydrogen-bond donors (Lipinski definition) is 0. The molecule has 0 aromatic carbocycles. The summed E-state index contributed by atoms with van der Waals surface area (Å²) in [5.41, 5.74) is 0. The van der Waals surface area contributed by atoms with Gasteiger partial charge in [-0.3, -0.25) is 0 Å². The fourth-order valence-electron chi connectivity index (χ4n) is 0.535. The van der Waals surface area contributed by atoms with E-state index in [9.17, 15) is 4.79 Å². The molecule has 1 unspecified atom stereocenters. The van der Waals surface area contributed by atoms with Crippen LogP contribution in [0.4, 0.5) is 0 Å². The zero-order valence-electron chi connectivity index (χ0n) is 5.20. The van der Waals surface area contributed by atoms with Crippen LogP contribution in [0, 0.1) is 7.43 Å². The number of hydrogen-bond acceptors (Lipinski definition) is 2. The van der Waals surface area contributed by atoms with Gasteiger partial charge in [0.25, 0.3) is 0 Å². The third-order valence-corrected chi connectivity index (χ3v) is 1.77. The molecule has 0 spiro atoms. The number of allylic oxidation sites excluding steroid dienone is 2. The molecule has 1 aliphatic rings. The summed E-state index contributed by atoms with van der Waals surface area (Å²) < 4.78 is 5.07. The average molecular weight is 240 g/mol. The van der Waals surface area contributed by atoms with Crippen LogP contribution in [-0.2, 0) is 9.53 Å². The molecule has 7 radical (unpaired) electrons. The maximum absolute atomic E-state index is 10.6. The van der Waals surface area contributed by atoms with Crippen LogP contribution in [0.25, 0.3) is 0 Å². The minimum atomic E-state index is -0.312. The SMILES string of the molecule is O=[C]([Sn])C1C=CC=CO1.[C]. The van der Waals surface area contributed by atoms with Crippen LogP contribution in [0.15, 0.2) is 24.5 Å². The Hall–Kier alpha value is -0.251. The van der Waals surface area contributed by atoms with Gasteiger partial charge in [0.1, 0.15) is 0 Å². The third-order valence-electron chi connectivity index (χ3n) is 0.959. The molecular weight excluding hydrogens is 235 g/mol. The molecule has 0 aromatic heterocycles. The van der Waals surface area contributed by atoms with E-state index in [1.165, 1.54) is 6.26 Å². The van der Waals surface area contributed by atoms with Crippen molar-refractivity contribution in [3.8, 4) is 0 Å². The summed E-state index contributed by atoms with van der Waals surface area (Å²) in [6.45, 7) is 0. The largest absolute Gasteiger partial charge is 0 e. The van der Waals surface area contributed by atoms with Gasteiger partial charge >= 0.3 is 66.4 Å². The molecule has 0 saturated heterocycles. The first-order valence-corrected chi connectivity index (χ1v) is 3.97. The van der Waals surface area contributed by atoms with E-state index in [1.807, 2.05) is 6.08 Å². The van der Waals surface area contributed by atoms with E-state index in [-0.39, 0.29) is 17.3 Å². The Morgan fingerprint density at radius 1 is 1.50 bits per heavy atom. The van der Waals surface area contributed by atoms with E-state index in [4.69, 9.17) is 4.74 Å². The molecule has 2 nitrogen and oxygen atoms in total. The fourth-order valence-corrected chi connectivity index (χ4v) is 1.00. The molecule has 10 heavy (non-hydrogen) atoms. The number of rotatable bonds is 1. The van der Waals surface area contributed by atoms with Crippen LogP contribution in [0.1, 0.15) is 0 Å². The van der Waals surface area contributed by atoms with Gasteiger partial charge in [-0.05, 0) is 0 Å². The van der Waals surface area contributed by atoms with E-state index >= 15 is 0 Å². The molecule has 0 fully saturated rings. The monoisotopic (exact) mass is 241 g/mol. The molecule has 0 bridgehead atoms. The average Bonchev–Trinajstić information content (AvgIpc) is 1.90. The molecule has 0 saturated carbocycles. The summed E-state index contributed by atoms with van der Waals surface area (Å²) in [5.74, 6) is 0. The second-order valence-corrected chi connectivity index (χ2v) is 3.04. The normalized spacial score (nSPS) is 21.1. The van der Waals surface area contributed by atoms with Crippen molar-refractivity contribution in [2.24, 2.45) is 0 Å². The van der Waals surface area contributed by atoms with Gasteiger partial charge < -0.3 is 0 Å². The van der Waals surface area contributed by atoms with Crippen LogP contribution >= 0.6 is 0 Å². The molecule has 0 amide bonds. The summed E-state index contributed by atoms with van der Waals surface area (Å²) in [7, 11) is 0. The topological polar surface area (TPSA) is 26.3 Å². The van der Waals surface area contributed by atoms with Crippen LogP contribution < -0.4 is 0 Å². The first-order chi connectivity index (χ1) is 4.30. The quantitative estimate of drug-likeness (QED) is 0.613. The summed E-state index contributed by atoms with van der Waals surface area (Å²) in [6.07, 6.45) is 6.54. The van der Waals surface area contributed by atoms with Gasteiger partial charge in [0.15, 0.2) is 0 Å². The summed E-state index contributed by atoms with van der Waals surface area (Å²) in [4.78, 5) is 10.6. The molecule has 1 heterocycles. The van der Waals surface area contributed by atoms with E-state index in [0.29, 0.717) is 0 Å². The van der Waals surface area contributed by atoms with E-state index in [2.05, 4.69) is 0 Å². The van der Waals surface area contributed by atoms with Crippen molar-refractivity contribution in [3.05, 3.63) is 31.9 Å². The van der Waals surface area contributed by atoms with E-state index in [1.54, 1.807) is 12.2 Å². The fraction of sp³-hybridized carbons (Fsp3) is 0.143. The summed E-state index contributed by atoms with van der Waals surface area (Å²) >= 11 is 0.894. The van der Waals surface area contributed by atoms with Crippen molar-refractivity contribution in [2.45, 2.75) is 6.10 Å². The Bertz CT molecular complexity index is 172. The Balaban J connectivity index is 0.000000810. The van der Waals surface area contributed by atoms with Gasteiger partial charge in [0, 0.05) is 7.43 Å². The van der Waals surface area contributed by atoms with Crippen molar-refractivity contribution in [2.75, 3.05) is 0 Å². The van der Waals surface area contributed by atoms with Crippen molar-refractivity contribution in [1.82, 2.24) is 0 Å². The zero-order chi connectivity index (χ0) is 6.69. The molecule has 3 heteroatoms. The summed E-state index contributed by atoms with van der Waals surface area (Å²) in [6, 6.07) is 0. The molecular formula is C7H5O2Sn. The minimum Gasteiger partial charge on any atom is 0 e. The zero-order valence-corrected chi connectivity index (χ0v) is 8.06. The first kappa shape index (κ1) is 9.75. The van der Waals surface area contributed by atoms with Crippen LogP contribution in [0.2, 0.25) is 0 Å². The maximum Gasteiger partial charge on any atom is 0 e. The van der Waals surface area contributed by atoms with Gasteiger partial charge in [0.2, 0.25) is 0 Å². The van der Waals surface area contributed by atoms with Crippen LogP contribution in [0.5, 0.6) is 0 Å². The number of carbonyl (C=O) groups is 1. The third kappa shape index (κ3) is 2.56. The van der Waals surface area contributed by atoms with Crippen LogP contribution in [0.3, 0.4) is 0 Å². The molecule has 49 valence electrons. The predicted octanol–water partition coefficient (Wildman–Crippen LogP) is 0.231. The Kier molecular flexibility index (Phi) is 4.43. The van der Waals surface area contributed by atoms with Crippen molar-refractivity contribution in [1.29, 1.82) is 0 Å². The van der Waals surface area contributed by atoms with Crippen molar-refractivity contribution >= 4 is 26.3 Å². The van der Waals surface area contributed by atoms with Crippen molar-refractivity contribution in [3.63, 3.8) is 0 Å². The van der Waals surface area contributed by atoms with Gasteiger partial charge in [-0.25, -0.2) is 0 Å². The van der Waals surface area contributed by atoms with Gasteiger partial charge in [-0.15, -0.1) is 0 Å². The van der Waals surface area contributed by atoms with E-state index in [0.717, 1.165) is 22.5 Å². The Morgan fingerprint density at radius 2 is 2.20 bits per heavy atom. The standard InChI is InChI=1S/C6H5O2.C.Sn/c7-5-6-3-1-2-4-8-6;;/h1-4,6H;;. The molecule has 1 atom stereocenters. The Morgan fingerprint density at radius 3 is 2.50 bits per heavy atom. The molecule has 0 N–H and O–H groups in total. The van der Waals surface area contributed by atoms with Crippen molar-refractivity contribution < 1.29 is 9.53 Å². The van der Waals surface area contributed by atoms with Gasteiger partial charge in [-0.1, -0.05) is 0 Å². The minimum absolute atomic E-state index is 0. The molecule has 1 rings (SSSR count). The first-order valence-electron chi connectivity index (χ1n) is 2.55. The summed E-state index contributed by atoms with van der Waals surface area (Å²) in [5, 5.41) is 0. The molecule has 0 aliphatic carbocycles. The van der Waals surface area contributed by atoms with Crippen LogP contribution in [-0.4, -0.2) is 32.4 Å². The van der Waals surface area contributed by atoms with Gasteiger partial charge in [-0.2, -0.15) is 0 Å². The smallest absolute Gasteiger partial charge is 0 e. The predicted molar refractivity (Wildman–Crippen MR) is 37.2 cm³/mol.